The van der Waals surface area contributed by atoms with Gasteiger partial charge in [0.05, 0.1) is 5.75 Å². The molecule has 2 aliphatic rings. The van der Waals surface area contributed by atoms with Crippen molar-refractivity contribution in [2.75, 3.05) is 25.4 Å². The van der Waals surface area contributed by atoms with Crippen molar-refractivity contribution in [3.63, 3.8) is 0 Å². The van der Waals surface area contributed by atoms with E-state index in [0.717, 1.165) is 12.8 Å². The Morgan fingerprint density at radius 3 is 2.92 bits per heavy atom. The van der Waals surface area contributed by atoms with Crippen LogP contribution in [-0.2, 0) is 10.0 Å². The molecule has 1 unspecified atom stereocenters. The Morgan fingerprint density at radius 1 is 1.29 bits per heavy atom. The third-order valence-corrected chi connectivity index (χ3v) is 6.73. The summed E-state index contributed by atoms with van der Waals surface area (Å²) in [5.41, 5.74) is 1.23. The highest BCUT2D eigenvalue weighted by Crippen LogP contribution is 2.25. The zero-order valence-electron chi connectivity index (χ0n) is 13.2. The van der Waals surface area contributed by atoms with Gasteiger partial charge in [0.15, 0.2) is 11.3 Å². The molecule has 0 aliphatic carbocycles. The monoisotopic (exact) mass is 349 g/mol. The lowest BCUT2D eigenvalue weighted by atomic mass is 10.1. The molecular formula is C16H19N3O4S. The molecule has 7 nitrogen and oxygen atoms in total. The van der Waals surface area contributed by atoms with E-state index in [1.165, 1.54) is 0 Å². The van der Waals surface area contributed by atoms with Gasteiger partial charge < -0.3 is 9.32 Å². The SMILES string of the molecule is O=C(c1cc2ncccc2o1)N1CCCC(N2CCCS2(=O)=O)C1. The van der Waals surface area contributed by atoms with E-state index in [1.54, 1.807) is 33.6 Å². The summed E-state index contributed by atoms with van der Waals surface area (Å²) in [5, 5.41) is 0. The number of aromatic nitrogens is 1. The fourth-order valence-electron chi connectivity index (χ4n) is 3.57. The number of rotatable bonds is 2. The maximum Gasteiger partial charge on any atom is 0.289 e. The summed E-state index contributed by atoms with van der Waals surface area (Å²) < 4.78 is 31.4. The highest BCUT2D eigenvalue weighted by molar-refractivity contribution is 7.89. The van der Waals surface area contributed by atoms with Gasteiger partial charge in [-0.1, -0.05) is 0 Å². The van der Waals surface area contributed by atoms with E-state index in [2.05, 4.69) is 4.98 Å². The maximum absolute atomic E-state index is 12.7. The summed E-state index contributed by atoms with van der Waals surface area (Å²) in [4.78, 5) is 18.6. The van der Waals surface area contributed by atoms with Gasteiger partial charge in [0.1, 0.15) is 5.52 Å². The van der Waals surface area contributed by atoms with Crippen LogP contribution in [0.4, 0.5) is 0 Å². The third-order valence-electron chi connectivity index (χ3n) is 4.73. The van der Waals surface area contributed by atoms with Crippen molar-refractivity contribution in [3.8, 4) is 0 Å². The van der Waals surface area contributed by atoms with Crippen LogP contribution in [0.15, 0.2) is 28.8 Å². The number of carbonyl (C=O) groups is 1. The Morgan fingerprint density at radius 2 is 2.17 bits per heavy atom. The van der Waals surface area contributed by atoms with E-state index < -0.39 is 10.0 Å². The molecule has 2 aromatic heterocycles. The first-order chi connectivity index (χ1) is 11.5. The second kappa shape index (κ2) is 5.86. The molecule has 0 radical (unpaired) electrons. The van der Waals surface area contributed by atoms with Crippen LogP contribution in [0, 0.1) is 0 Å². The van der Waals surface area contributed by atoms with Crippen molar-refractivity contribution in [2.24, 2.45) is 0 Å². The largest absolute Gasteiger partial charge is 0.449 e. The molecule has 2 aromatic rings. The summed E-state index contributed by atoms with van der Waals surface area (Å²) in [5.74, 6) is 0.273. The van der Waals surface area contributed by atoms with E-state index in [9.17, 15) is 13.2 Å². The Bertz CT molecular complexity index is 843. The normalized spacial score (nSPS) is 24.5. The van der Waals surface area contributed by atoms with Crippen molar-refractivity contribution in [2.45, 2.75) is 25.3 Å². The van der Waals surface area contributed by atoms with Crippen molar-refractivity contribution in [3.05, 3.63) is 30.2 Å². The van der Waals surface area contributed by atoms with Gasteiger partial charge in [-0.3, -0.25) is 9.78 Å². The first kappa shape index (κ1) is 15.6. The second-order valence-corrected chi connectivity index (χ2v) is 8.37. The van der Waals surface area contributed by atoms with Gasteiger partial charge in [0, 0.05) is 37.9 Å². The maximum atomic E-state index is 12.7. The minimum Gasteiger partial charge on any atom is -0.449 e. The number of furan rings is 1. The topological polar surface area (TPSA) is 83.7 Å². The van der Waals surface area contributed by atoms with Crippen molar-refractivity contribution >= 4 is 27.0 Å². The van der Waals surface area contributed by atoms with Crippen LogP contribution < -0.4 is 0 Å². The van der Waals surface area contributed by atoms with Gasteiger partial charge in [-0.2, -0.15) is 4.31 Å². The molecule has 8 heteroatoms. The quantitative estimate of drug-likeness (QED) is 0.820. The van der Waals surface area contributed by atoms with E-state index in [4.69, 9.17) is 4.42 Å². The molecule has 0 saturated carbocycles. The fourth-order valence-corrected chi connectivity index (χ4v) is 5.34. The van der Waals surface area contributed by atoms with Gasteiger partial charge in [-0.05, 0) is 31.4 Å². The molecule has 0 spiro atoms. The molecule has 0 N–H and O–H groups in total. The number of fused-ring (bicyclic) bond motifs is 1. The van der Waals surface area contributed by atoms with E-state index in [1.807, 2.05) is 0 Å². The fraction of sp³-hybridized carbons (Fsp3) is 0.500. The van der Waals surface area contributed by atoms with Gasteiger partial charge in [-0.25, -0.2) is 8.42 Å². The standard InChI is InChI=1S/C16H19N3O4S/c20-16(15-10-13-14(23-15)5-1-6-17-13)18-7-2-4-12(11-18)19-8-3-9-24(19,21)22/h1,5-6,10,12H,2-4,7-9,11H2. The summed E-state index contributed by atoms with van der Waals surface area (Å²) in [6.45, 7) is 1.60. The number of piperidine rings is 1. The lowest BCUT2D eigenvalue weighted by Gasteiger charge is -2.36. The molecule has 128 valence electrons. The predicted molar refractivity (Wildman–Crippen MR) is 88.0 cm³/mol. The summed E-state index contributed by atoms with van der Waals surface area (Å²) in [6, 6.07) is 5.05. The Labute approximate surface area is 140 Å². The first-order valence-electron chi connectivity index (χ1n) is 8.18. The predicted octanol–water partition coefficient (Wildman–Crippen LogP) is 1.47. The van der Waals surface area contributed by atoms with Crippen LogP contribution in [0.5, 0.6) is 0 Å². The molecule has 0 bridgehead atoms. The van der Waals surface area contributed by atoms with Gasteiger partial charge in [0.25, 0.3) is 5.91 Å². The molecule has 1 atom stereocenters. The molecular weight excluding hydrogens is 330 g/mol. The van der Waals surface area contributed by atoms with Crippen LogP contribution in [-0.4, -0.2) is 59.9 Å². The number of pyridine rings is 1. The van der Waals surface area contributed by atoms with Crippen LogP contribution in [0.2, 0.25) is 0 Å². The highest BCUT2D eigenvalue weighted by Gasteiger charge is 2.38. The Balaban J connectivity index is 1.54. The first-order valence-corrected chi connectivity index (χ1v) is 9.79. The number of likely N-dealkylation sites (tertiary alicyclic amines) is 1. The number of hydrogen-bond acceptors (Lipinski definition) is 5. The number of nitrogens with zero attached hydrogens (tertiary/aromatic N) is 3. The Kier molecular flexibility index (Phi) is 3.80. The molecule has 0 aromatic carbocycles. The molecule has 2 saturated heterocycles. The summed E-state index contributed by atoms with van der Waals surface area (Å²) in [6.07, 6.45) is 3.91. The van der Waals surface area contributed by atoms with Crippen molar-refractivity contribution in [1.82, 2.24) is 14.2 Å². The number of carbonyl (C=O) groups excluding carboxylic acids is 1. The van der Waals surface area contributed by atoms with E-state index in [0.29, 0.717) is 37.2 Å². The van der Waals surface area contributed by atoms with E-state index in [-0.39, 0.29) is 23.5 Å². The highest BCUT2D eigenvalue weighted by atomic mass is 32.2. The zero-order chi connectivity index (χ0) is 16.7. The minimum atomic E-state index is -3.16. The zero-order valence-corrected chi connectivity index (χ0v) is 14.0. The van der Waals surface area contributed by atoms with Gasteiger partial charge in [0.2, 0.25) is 10.0 Å². The van der Waals surface area contributed by atoms with E-state index >= 15 is 0 Å². The molecule has 4 rings (SSSR count). The number of amides is 1. The van der Waals surface area contributed by atoms with Crippen LogP contribution in [0.1, 0.15) is 29.8 Å². The summed E-state index contributed by atoms with van der Waals surface area (Å²) >= 11 is 0. The average Bonchev–Trinajstić information content (AvgIpc) is 3.16. The number of hydrogen-bond donors (Lipinski definition) is 0. The van der Waals surface area contributed by atoms with Crippen molar-refractivity contribution < 1.29 is 17.6 Å². The van der Waals surface area contributed by atoms with Gasteiger partial charge >= 0.3 is 0 Å². The third kappa shape index (κ3) is 2.69. The summed E-state index contributed by atoms with van der Waals surface area (Å²) in [7, 11) is -3.16. The van der Waals surface area contributed by atoms with Crippen LogP contribution in [0.25, 0.3) is 11.1 Å². The molecule has 1 amide bonds. The minimum absolute atomic E-state index is 0.127. The van der Waals surface area contributed by atoms with Gasteiger partial charge in [-0.15, -0.1) is 0 Å². The average molecular weight is 349 g/mol. The van der Waals surface area contributed by atoms with Crippen LogP contribution in [0.3, 0.4) is 0 Å². The molecule has 24 heavy (non-hydrogen) atoms. The Hall–Kier alpha value is -1.93. The number of sulfonamides is 1. The van der Waals surface area contributed by atoms with Crippen LogP contribution >= 0.6 is 0 Å². The second-order valence-electron chi connectivity index (χ2n) is 6.32. The lowest BCUT2D eigenvalue weighted by molar-refractivity contribution is 0.0629. The lowest BCUT2D eigenvalue weighted by Crippen LogP contribution is -2.50. The smallest absolute Gasteiger partial charge is 0.289 e. The molecule has 2 fully saturated rings. The van der Waals surface area contributed by atoms with Crippen molar-refractivity contribution in [1.29, 1.82) is 0 Å². The molecule has 4 heterocycles. The molecule has 2 aliphatic heterocycles.